The Hall–Kier alpha value is -2.84. The molecule has 0 saturated carbocycles. The van der Waals surface area contributed by atoms with Gasteiger partial charge in [0.25, 0.3) is 0 Å². The number of fused-ring (bicyclic) bond motifs is 1. The smallest absolute Gasteiger partial charge is 0.410 e. The summed E-state index contributed by atoms with van der Waals surface area (Å²) in [6.07, 6.45) is -0.383. The Morgan fingerprint density at radius 3 is 2.39 bits per heavy atom. The molecule has 0 saturated heterocycles. The number of halogens is 1. The molecule has 3 aromatic rings. The highest BCUT2D eigenvalue weighted by atomic mass is 35.5. The molecule has 9 heteroatoms. The number of carbonyl (C=O) groups is 2. The predicted molar refractivity (Wildman–Crippen MR) is 134 cm³/mol. The van der Waals surface area contributed by atoms with Crippen LogP contribution in [0, 0.1) is 0 Å². The lowest BCUT2D eigenvalue weighted by Gasteiger charge is -2.24. The maximum absolute atomic E-state index is 12.0. The molecule has 0 aliphatic rings. The van der Waals surface area contributed by atoms with Gasteiger partial charge in [0, 0.05) is 26.6 Å². The fraction of sp³-hybridized carbons (Fsp3) is 0.375. The summed E-state index contributed by atoms with van der Waals surface area (Å²) in [4.78, 5) is 31.5. The number of ether oxygens (including phenoxy) is 2. The summed E-state index contributed by atoms with van der Waals surface area (Å²) in [6.45, 7) is 7.76. The van der Waals surface area contributed by atoms with Crippen LogP contribution in [0.25, 0.3) is 21.5 Å². The zero-order valence-corrected chi connectivity index (χ0v) is 21.2. The summed E-state index contributed by atoms with van der Waals surface area (Å²) >= 11 is 7.94. The zero-order valence-electron chi connectivity index (χ0n) is 19.6. The van der Waals surface area contributed by atoms with Crippen molar-refractivity contribution in [2.45, 2.75) is 33.3 Å². The van der Waals surface area contributed by atoms with E-state index in [1.807, 2.05) is 57.2 Å². The quantitative estimate of drug-likeness (QED) is 0.434. The second-order valence-electron chi connectivity index (χ2n) is 8.64. The van der Waals surface area contributed by atoms with Crippen molar-refractivity contribution in [3.63, 3.8) is 0 Å². The molecule has 1 aromatic carbocycles. The van der Waals surface area contributed by atoms with E-state index in [4.69, 9.17) is 26.1 Å². The van der Waals surface area contributed by atoms with Gasteiger partial charge in [-0.1, -0.05) is 11.6 Å². The van der Waals surface area contributed by atoms with E-state index in [9.17, 15) is 9.59 Å². The van der Waals surface area contributed by atoms with Crippen molar-refractivity contribution in [1.29, 1.82) is 0 Å². The predicted octanol–water partition coefficient (Wildman–Crippen LogP) is 5.85. The number of nitrogens with zero attached hydrogens (tertiary/aromatic N) is 3. The van der Waals surface area contributed by atoms with Crippen molar-refractivity contribution >= 4 is 50.2 Å². The van der Waals surface area contributed by atoms with Gasteiger partial charge in [0.2, 0.25) is 5.91 Å². The topological polar surface area (TPSA) is 72.0 Å². The van der Waals surface area contributed by atoms with Crippen LogP contribution < -0.4 is 9.64 Å². The van der Waals surface area contributed by atoms with Gasteiger partial charge in [0.05, 0.1) is 27.5 Å². The van der Waals surface area contributed by atoms with Crippen molar-refractivity contribution in [3.05, 3.63) is 41.4 Å². The minimum Gasteiger partial charge on any atom is -0.492 e. The van der Waals surface area contributed by atoms with E-state index >= 15 is 0 Å². The van der Waals surface area contributed by atoms with E-state index in [1.165, 1.54) is 23.2 Å². The molecule has 176 valence electrons. The highest BCUT2D eigenvalue weighted by molar-refractivity contribution is 7.23. The summed E-state index contributed by atoms with van der Waals surface area (Å²) < 4.78 is 11.9. The molecular formula is C24H28ClN3O4S. The standard InChI is InChI=1S/C24H28ClN3O4S/c1-15(29)28(6)21-14-20-22(33-21)18(25)13-19(26-20)16-7-9-17(10-8-16)31-12-11-27(5)23(30)32-24(2,3)4/h7-10,13-14H,11-12H2,1-6H3. The van der Waals surface area contributed by atoms with Gasteiger partial charge in [-0.25, -0.2) is 9.78 Å². The van der Waals surface area contributed by atoms with Crippen LogP contribution in [-0.4, -0.2) is 54.7 Å². The molecule has 2 aromatic heterocycles. The first-order valence-electron chi connectivity index (χ1n) is 10.5. The average Bonchev–Trinajstić information content (AvgIpc) is 3.17. The van der Waals surface area contributed by atoms with Crippen LogP contribution in [0.2, 0.25) is 5.02 Å². The van der Waals surface area contributed by atoms with E-state index < -0.39 is 5.60 Å². The van der Waals surface area contributed by atoms with E-state index in [0.29, 0.717) is 23.9 Å². The van der Waals surface area contributed by atoms with Crippen LogP contribution in [0.3, 0.4) is 0 Å². The molecule has 3 rings (SSSR count). The number of aromatic nitrogens is 1. The molecule has 0 bridgehead atoms. The number of anilines is 1. The van der Waals surface area contributed by atoms with Crippen molar-refractivity contribution < 1.29 is 19.1 Å². The van der Waals surface area contributed by atoms with Gasteiger partial charge in [-0.3, -0.25) is 4.79 Å². The number of benzene rings is 1. The van der Waals surface area contributed by atoms with Gasteiger partial charge in [-0.15, -0.1) is 11.3 Å². The molecule has 33 heavy (non-hydrogen) atoms. The summed E-state index contributed by atoms with van der Waals surface area (Å²) in [6, 6.07) is 11.2. The summed E-state index contributed by atoms with van der Waals surface area (Å²) in [5.41, 5.74) is 1.84. The summed E-state index contributed by atoms with van der Waals surface area (Å²) in [5.74, 6) is 0.634. The number of thiophene rings is 1. The number of amides is 2. The van der Waals surface area contributed by atoms with Gasteiger partial charge in [-0.2, -0.15) is 0 Å². The molecule has 0 fully saturated rings. The summed E-state index contributed by atoms with van der Waals surface area (Å²) in [5, 5.41) is 1.39. The first kappa shape index (κ1) is 24.8. The molecule has 0 aliphatic carbocycles. The van der Waals surface area contributed by atoms with E-state index in [0.717, 1.165) is 26.5 Å². The number of hydrogen-bond donors (Lipinski definition) is 0. The fourth-order valence-corrected chi connectivity index (χ4v) is 4.22. The average molecular weight is 490 g/mol. The molecular weight excluding hydrogens is 462 g/mol. The molecule has 7 nitrogen and oxygen atoms in total. The Bertz CT molecular complexity index is 1150. The third-order valence-corrected chi connectivity index (χ3v) is 6.42. The number of hydrogen-bond acceptors (Lipinski definition) is 6. The van der Waals surface area contributed by atoms with E-state index in [2.05, 4.69) is 0 Å². The van der Waals surface area contributed by atoms with Crippen molar-refractivity contribution in [1.82, 2.24) is 9.88 Å². The monoisotopic (exact) mass is 489 g/mol. The van der Waals surface area contributed by atoms with Gasteiger partial charge in [0.15, 0.2) is 0 Å². The van der Waals surface area contributed by atoms with Gasteiger partial charge in [0.1, 0.15) is 23.0 Å². The molecule has 0 N–H and O–H groups in total. The highest BCUT2D eigenvalue weighted by Crippen LogP contribution is 2.37. The SMILES string of the molecule is CC(=O)N(C)c1cc2nc(-c3ccc(OCCN(C)C(=O)OC(C)(C)C)cc3)cc(Cl)c2s1. The Labute approximate surface area is 202 Å². The van der Waals surface area contributed by atoms with Crippen LogP contribution in [0.4, 0.5) is 9.80 Å². The van der Waals surface area contributed by atoms with Crippen LogP contribution >= 0.6 is 22.9 Å². The number of likely N-dealkylation sites (N-methyl/N-ethyl adjacent to an activating group) is 1. The maximum atomic E-state index is 12.0. The third kappa shape index (κ3) is 6.36. The lowest BCUT2D eigenvalue weighted by atomic mass is 10.1. The highest BCUT2D eigenvalue weighted by Gasteiger charge is 2.19. The van der Waals surface area contributed by atoms with Crippen LogP contribution in [0.1, 0.15) is 27.7 Å². The van der Waals surface area contributed by atoms with Crippen molar-refractivity contribution in [3.8, 4) is 17.0 Å². The summed E-state index contributed by atoms with van der Waals surface area (Å²) in [7, 11) is 3.40. The number of carbonyl (C=O) groups excluding carboxylic acids is 2. The lowest BCUT2D eigenvalue weighted by Crippen LogP contribution is -2.36. The van der Waals surface area contributed by atoms with Gasteiger partial charge in [-0.05, 0) is 57.2 Å². The Morgan fingerprint density at radius 2 is 1.79 bits per heavy atom. The second kappa shape index (κ2) is 9.97. The largest absolute Gasteiger partial charge is 0.492 e. The van der Waals surface area contributed by atoms with Crippen LogP contribution in [-0.2, 0) is 9.53 Å². The minimum atomic E-state index is -0.532. The molecule has 0 radical (unpaired) electrons. The fourth-order valence-electron chi connectivity index (χ4n) is 2.89. The number of pyridine rings is 1. The third-order valence-electron chi connectivity index (χ3n) is 4.77. The second-order valence-corrected chi connectivity index (χ2v) is 10.1. The van der Waals surface area contributed by atoms with Crippen LogP contribution in [0.15, 0.2) is 36.4 Å². The molecule has 0 spiro atoms. The first-order valence-corrected chi connectivity index (χ1v) is 11.7. The Kier molecular flexibility index (Phi) is 7.49. The first-order chi connectivity index (χ1) is 15.4. The van der Waals surface area contributed by atoms with Gasteiger partial charge >= 0.3 is 6.09 Å². The van der Waals surface area contributed by atoms with E-state index in [1.54, 1.807) is 19.0 Å². The molecule has 0 atom stereocenters. The molecule has 0 unspecified atom stereocenters. The van der Waals surface area contributed by atoms with Gasteiger partial charge < -0.3 is 19.3 Å². The molecule has 2 heterocycles. The van der Waals surface area contributed by atoms with E-state index in [-0.39, 0.29) is 12.0 Å². The Balaban J connectivity index is 1.66. The molecule has 2 amide bonds. The normalized spacial score (nSPS) is 11.4. The number of rotatable bonds is 6. The lowest BCUT2D eigenvalue weighted by molar-refractivity contribution is -0.116. The van der Waals surface area contributed by atoms with Crippen molar-refractivity contribution in [2.75, 3.05) is 32.1 Å². The van der Waals surface area contributed by atoms with Crippen molar-refractivity contribution in [2.24, 2.45) is 0 Å². The molecule has 0 aliphatic heterocycles. The Morgan fingerprint density at radius 1 is 1.12 bits per heavy atom. The maximum Gasteiger partial charge on any atom is 0.410 e. The zero-order chi connectivity index (χ0) is 24.3. The van der Waals surface area contributed by atoms with Crippen LogP contribution in [0.5, 0.6) is 5.75 Å². The minimum absolute atomic E-state index is 0.0502.